The van der Waals surface area contributed by atoms with Crippen molar-refractivity contribution in [2.45, 2.75) is 6.61 Å². The molecule has 0 aliphatic carbocycles. The topological polar surface area (TPSA) is 35.3 Å². The molecule has 0 N–H and O–H groups in total. The third-order valence-electron chi connectivity index (χ3n) is 1.64. The fraction of sp³-hybridized carbons (Fsp3) is 0.100. The fourth-order valence-corrected chi connectivity index (χ4v) is 1.03. The Hall–Kier alpha value is -1.84. The maximum absolute atomic E-state index is 12.7. The van der Waals surface area contributed by atoms with Crippen LogP contribution in [0.5, 0.6) is 5.75 Å². The van der Waals surface area contributed by atoms with Gasteiger partial charge in [-0.25, -0.2) is 9.37 Å². The molecule has 2 aromatic rings. The Morgan fingerprint density at radius 1 is 1.43 bits per heavy atom. The number of nitrogens with zero attached hydrogens (tertiary/aromatic N) is 1. The van der Waals surface area contributed by atoms with Crippen molar-refractivity contribution in [1.29, 1.82) is 0 Å². The van der Waals surface area contributed by atoms with E-state index in [-0.39, 0.29) is 12.4 Å². The number of hydrogen-bond acceptors (Lipinski definition) is 3. The largest absolute Gasteiger partial charge is 0.484 e. The molecule has 0 amide bonds. The molecule has 0 unspecified atom stereocenters. The lowest BCUT2D eigenvalue weighted by Crippen LogP contribution is -1.95. The van der Waals surface area contributed by atoms with Crippen LogP contribution in [0.4, 0.5) is 4.39 Å². The van der Waals surface area contributed by atoms with Crippen LogP contribution in [0.1, 0.15) is 5.89 Å². The molecule has 14 heavy (non-hydrogen) atoms. The maximum atomic E-state index is 12.7. The van der Waals surface area contributed by atoms with Crippen molar-refractivity contribution in [2.75, 3.05) is 0 Å². The van der Waals surface area contributed by atoms with Crippen molar-refractivity contribution in [3.8, 4) is 5.75 Å². The average Bonchev–Trinajstić information content (AvgIpc) is 2.67. The zero-order valence-corrected chi connectivity index (χ0v) is 7.31. The Kier molecular flexibility index (Phi) is 2.44. The predicted octanol–water partition coefficient (Wildman–Crippen LogP) is 2.39. The van der Waals surface area contributed by atoms with Crippen molar-refractivity contribution in [3.05, 3.63) is 48.4 Å². The molecule has 0 saturated heterocycles. The number of hydrogen-bond donors (Lipinski definition) is 0. The van der Waals surface area contributed by atoms with Crippen LogP contribution in [-0.4, -0.2) is 4.98 Å². The minimum Gasteiger partial charge on any atom is -0.484 e. The van der Waals surface area contributed by atoms with Crippen molar-refractivity contribution in [3.63, 3.8) is 0 Å². The smallest absolute Gasteiger partial charge is 0.232 e. The number of oxazole rings is 1. The summed E-state index contributed by atoms with van der Waals surface area (Å²) in [5.74, 6) is 0.604. The summed E-state index contributed by atoms with van der Waals surface area (Å²) >= 11 is 0. The van der Waals surface area contributed by atoms with Gasteiger partial charge < -0.3 is 9.15 Å². The molecule has 3 nitrogen and oxygen atoms in total. The molecule has 1 aromatic heterocycles. The van der Waals surface area contributed by atoms with Crippen LogP contribution >= 0.6 is 0 Å². The molecule has 0 spiro atoms. The van der Waals surface area contributed by atoms with Gasteiger partial charge in [0.1, 0.15) is 17.8 Å². The quantitative estimate of drug-likeness (QED) is 0.750. The van der Waals surface area contributed by atoms with Gasteiger partial charge in [0.2, 0.25) is 5.89 Å². The third-order valence-corrected chi connectivity index (χ3v) is 1.64. The second-order valence-electron chi connectivity index (χ2n) is 2.67. The Balaban J connectivity index is 1.98. The van der Waals surface area contributed by atoms with Crippen molar-refractivity contribution >= 4 is 0 Å². The molecule has 1 aromatic carbocycles. The number of halogens is 1. The van der Waals surface area contributed by atoms with E-state index in [2.05, 4.69) is 4.98 Å². The minimum atomic E-state index is -0.324. The van der Waals surface area contributed by atoms with Gasteiger partial charge in [-0.1, -0.05) is 6.07 Å². The molecule has 0 radical (unpaired) electrons. The van der Waals surface area contributed by atoms with Crippen molar-refractivity contribution in [1.82, 2.24) is 4.98 Å². The van der Waals surface area contributed by atoms with E-state index in [1.165, 1.54) is 24.6 Å². The first-order valence-corrected chi connectivity index (χ1v) is 4.11. The van der Waals surface area contributed by atoms with E-state index in [4.69, 9.17) is 9.15 Å². The summed E-state index contributed by atoms with van der Waals surface area (Å²) in [6.45, 7) is 0.205. The van der Waals surface area contributed by atoms with Crippen LogP contribution in [0.15, 0.2) is 41.1 Å². The van der Waals surface area contributed by atoms with Crippen molar-refractivity contribution < 1.29 is 13.5 Å². The molecule has 0 bridgehead atoms. The lowest BCUT2D eigenvalue weighted by atomic mass is 10.3. The average molecular weight is 193 g/mol. The van der Waals surface area contributed by atoms with E-state index in [1.807, 2.05) is 0 Å². The highest BCUT2D eigenvalue weighted by atomic mass is 19.1. The van der Waals surface area contributed by atoms with Gasteiger partial charge in [-0.05, 0) is 12.1 Å². The summed E-state index contributed by atoms with van der Waals surface area (Å²) in [6.07, 6.45) is 2.99. The highest BCUT2D eigenvalue weighted by molar-refractivity contribution is 5.22. The highest BCUT2D eigenvalue weighted by Crippen LogP contribution is 2.13. The molecule has 0 aliphatic rings. The molecular formula is C10H8FNO2. The lowest BCUT2D eigenvalue weighted by molar-refractivity contribution is 0.262. The zero-order valence-electron chi connectivity index (χ0n) is 7.31. The zero-order chi connectivity index (χ0) is 9.80. The van der Waals surface area contributed by atoms with Gasteiger partial charge in [0, 0.05) is 6.07 Å². The van der Waals surface area contributed by atoms with E-state index in [9.17, 15) is 4.39 Å². The highest BCUT2D eigenvalue weighted by Gasteiger charge is 1.99. The van der Waals surface area contributed by atoms with Crippen LogP contribution in [-0.2, 0) is 6.61 Å². The van der Waals surface area contributed by atoms with Crippen LogP contribution < -0.4 is 4.74 Å². The second-order valence-corrected chi connectivity index (χ2v) is 2.67. The van der Waals surface area contributed by atoms with E-state index in [0.717, 1.165) is 0 Å². The Morgan fingerprint density at radius 2 is 2.36 bits per heavy atom. The van der Waals surface area contributed by atoms with Gasteiger partial charge in [-0.3, -0.25) is 0 Å². The van der Waals surface area contributed by atoms with Crippen molar-refractivity contribution in [2.24, 2.45) is 0 Å². The third kappa shape index (κ3) is 2.10. The number of benzene rings is 1. The normalized spacial score (nSPS) is 10.1. The maximum Gasteiger partial charge on any atom is 0.232 e. The summed E-state index contributed by atoms with van der Waals surface area (Å²) < 4.78 is 22.9. The summed E-state index contributed by atoms with van der Waals surface area (Å²) in [5, 5.41) is 0. The Labute approximate surface area is 80.1 Å². The number of rotatable bonds is 3. The Bertz CT molecular complexity index is 400. The summed E-state index contributed by atoms with van der Waals surface area (Å²) in [5.41, 5.74) is 0. The molecule has 0 saturated carbocycles. The predicted molar refractivity (Wildman–Crippen MR) is 47.2 cm³/mol. The van der Waals surface area contributed by atoms with Gasteiger partial charge in [0.05, 0.1) is 6.20 Å². The van der Waals surface area contributed by atoms with Gasteiger partial charge in [0.25, 0.3) is 0 Å². The molecular weight excluding hydrogens is 185 g/mol. The standard InChI is InChI=1S/C10H8FNO2/c11-8-2-1-3-9(6-8)14-7-10-12-4-5-13-10/h1-6H,7H2. The first-order valence-electron chi connectivity index (χ1n) is 4.11. The number of ether oxygens (including phenoxy) is 1. The van der Waals surface area contributed by atoms with E-state index in [0.29, 0.717) is 11.6 Å². The molecule has 2 rings (SSSR count). The fourth-order valence-electron chi connectivity index (χ4n) is 1.03. The monoisotopic (exact) mass is 193 g/mol. The van der Waals surface area contributed by atoms with Gasteiger partial charge in [-0.15, -0.1) is 0 Å². The molecule has 4 heteroatoms. The summed E-state index contributed by atoms with van der Waals surface area (Å²) in [4.78, 5) is 3.87. The first-order chi connectivity index (χ1) is 6.84. The van der Waals surface area contributed by atoms with Gasteiger partial charge in [-0.2, -0.15) is 0 Å². The second kappa shape index (κ2) is 3.91. The number of aromatic nitrogens is 1. The summed E-state index contributed by atoms with van der Waals surface area (Å²) in [6, 6.07) is 5.92. The molecule has 1 heterocycles. The first kappa shape index (κ1) is 8.74. The van der Waals surface area contributed by atoms with Crippen LogP contribution in [0, 0.1) is 5.82 Å². The lowest BCUT2D eigenvalue weighted by Gasteiger charge is -2.02. The van der Waals surface area contributed by atoms with E-state index in [1.54, 1.807) is 12.1 Å². The van der Waals surface area contributed by atoms with E-state index >= 15 is 0 Å². The molecule has 0 fully saturated rings. The summed E-state index contributed by atoms with van der Waals surface area (Å²) in [7, 11) is 0. The van der Waals surface area contributed by atoms with Crippen LogP contribution in [0.25, 0.3) is 0 Å². The van der Waals surface area contributed by atoms with Gasteiger partial charge in [0.15, 0.2) is 6.61 Å². The Morgan fingerprint density at radius 3 is 3.07 bits per heavy atom. The van der Waals surface area contributed by atoms with Crippen LogP contribution in [0.3, 0.4) is 0 Å². The molecule has 0 atom stereocenters. The van der Waals surface area contributed by atoms with Crippen LogP contribution in [0.2, 0.25) is 0 Å². The van der Waals surface area contributed by atoms with E-state index < -0.39 is 0 Å². The molecule has 0 aliphatic heterocycles. The SMILES string of the molecule is Fc1cccc(OCc2ncco2)c1. The van der Waals surface area contributed by atoms with Gasteiger partial charge >= 0.3 is 0 Å². The minimum absolute atomic E-state index is 0.205. The molecule has 72 valence electrons.